The lowest BCUT2D eigenvalue weighted by molar-refractivity contribution is -0.154. The van der Waals surface area contributed by atoms with E-state index in [4.69, 9.17) is 21.3 Å². The van der Waals surface area contributed by atoms with E-state index in [-0.39, 0.29) is 11.9 Å². The van der Waals surface area contributed by atoms with Crippen molar-refractivity contribution in [1.29, 1.82) is 5.26 Å². The largest absolute Gasteiger partial charge is 0.460 e. The molecule has 7 heteroatoms. The Morgan fingerprint density at radius 2 is 1.74 bits per heavy atom. The van der Waals surface area contributed by atoms with Gasteiger partial charge in [-0.25, -0.2) is 4.98 Å². The second-order valence-electron chi connectivity index (χ2n) is 10.3. The predicted octanol–water partition coefficient (Wildman–Crippen LogP) is 7.37. The van der Waals surface area contributed by atoms with Crippen LogP contribution in [0.2, 0.25) is 5.02 Å². The van der Waals surface area contributed by atoms with E-state index in [9.17, 15) is 14.9 Å². The summed E-state index contributed by atoms with van der Waals surface area (Å²) >= 11 is 6.55. The number of nitriles is 1. The number of benzene rings is 3. The molecule has 0 N–H and O–H groups in total. The lowest BCUT2D eigenvalue weighted by Crippen LogP contribution is -2.27. The topological polar surface area (TPSA) is 83.3 Å². The number of esters is 1. The number of fused-ring (bicyclic) bond motifs is 1. The minimum absolute atomic E-state index is 0.230. The van der Waals surface area contributed by atoms with Gasteiger partial charge in [-0.1, -0.05) is 48.0 Å². The molecule has 0 atom stereocenters. The zero-order valence-electron chi connectivity index (χ0n) is 22.5. The fraction of sp³-hybridized carbons (Fsp3) is 0.250. The van der Waals surface area contributed by atoms with E-state index in [0.717, 1.165) is 22.2 Å². The Bertz CT molecular complexity index is 1580. The van der Waals surface area contributed by atoms with Crippen molar-refractivity contribution in [1.82, 2.24) is 4.98 Å². The molecule has 1 heterocycles. The maximum atomic E-state index is 13.6. The average Bonchev–Trinajstić information content (AvgIpc) is 2.91. The molecule has 1 amide bonds. The van der Waals surface area contributed by atoms with Crippen LogP contribution in [0, 0.1) is 11.3 Å². The minimum Gasteiger partial charge on any atom is -0.460 e. The highest BCUT2D eigenvalue weighted by Crippen LogP contribution is 2.33. The third kappa shape index (κ3) is 6.63. The van der Waals surface area contributed by atoms with Crippen molar-refractivity contribution in [3.63, 3.8) is 0 Å². The van der Waals surface area contributed by atoms with Gasteiger partial charge in [0, 0.05) is 35.7 Å². The monoisotopic (exact) mass is 539 g/mol. The first kappa shape index (κ1) is 27.8. The third-order valence-electron chi connectivity index (χ3n) is 6.22. The number of halogens is 1. The lowest BCUT2D eigenvalue weighted by Gasteiger charge is -2.22. The summed E-state index contributed by atoms with van der Waals surface area (Å²) in [6, 6.07) is 24.2. The maximum Gasteiger partial charge on any atom is 0.306 e. The first-order chi connectivity index (χ1) is 18.6. The van der Waals surface area contributed by atoms with Gasteiger partial charge < -0.3 is 9.64 Å². The Hall–Kier alpha value is -4.21. The van der Waals surface area contributed by atoms with Crippen LogP contribution in [0.25, 0.3) is 22.2 Å². The van der Waals surface area contributed by atoms with Gasteiger partial charge in [0.05, 0.1) is 21.8 Å². The molecule has 0 aliphatic carbocycles. The number of ether oxygens (including phenoxy) is 1. The number of pyridine rings is 1. The van der Waals surface area contributed by atoms with E-state index < -0.39 is 5.60 Å². The smallest absolute Gasteiger partial charge is 0.306 e. The normalized spacial score (nSPS) is 11.2. The summed E-state index contributed by atoms with van der Waals surface area (Å²) in [5, 5.41) is 11.0. The van der Waals surface area contributed by atoms with Gasteiger partial charge in [-0.05, 0) is 75.6 Å². The molecule has 0 aliphatic heterocycles. The fourth-order valence-electron chi connectivity index (χ4n) is 4.41. The van der Waals surface area contributed by atoms with Crippen LogP contribution in [-0.2, 0) is 16.0 Å². The molecule has 0 fully saturated rings. The van der Waals surface area contributed by atoms with E-state index >= 15 is 0 Å². The Balaban J connectivity index is 1.59. The first-order valence-electron chi connectivity index (χ1n) is 12.7. The highest BCUT2D eigenvalue weighted by Gasteiger charge is 2.20. The summed E-state index contributed by atoms with van der Waals surface area (Å²) in [6.45, 7) is 5.54. The number of hydrogen-bond donors (Lipinski definition) is 0. The molecule has 0 saturated carbocycles. The van der Waals surface area contributed by atoms with Gasteiger partial charge in [-0.15, -0.1) is 0 Å². The number of amides is 1. The second-order valence-corrected chi connectivity index (χ2v) is 10.7. The van der Waals surface area contributed by atoms with Crippen molar-refractivity contribution < 1.29 is 14.3 Å². The Morgan fingerprint density at radius 3 is 2.49 bits per heavy atom. The van der Waals surface area contributed by atoms with Crippen molar-refractivity contribution in [3.05, 3.63) is 94.5 Å². The number of hydrogen-bond acceptors (Lipinski definition) is 5. The standard InChI is InChI=1S/C32H30ClN3O3/c1-32(2,3)39-29(37)15-9-12-21-10-6-8-14-28(21)36(4)31(38)23-16-17-26(33)25(19-23)30-24(20-34)18-22-11-5-7-13-27(22)35-30/h5-8,10-11,13-14,16-19H,9,12,15H2,1-4H3. The summed E-state index contributed by atoms with van der Waals surface area (Å²) in [4.78, 5) is 32.0. The van der Waals surface area contributed by atoms with Crippen LogP contribution in [-0.4, -0.2) is 29.5 Å². The summed E-state index contributed by atoms with van der Waals surface area (Å²) in [5.41, 5.74) is 3.67. The summed E-state index contributed by atoms with van der Waals surface area (Å²) < 4.78 is 5.41. The molecule has 3 aromatic carbocycles. The van der Waals surface area contributed by atoms with Gasteiger partial charge in [-0.3, -0.25) is 9.59 Å². The molecule has 0 bridgehead atoms. The molecule has 0 spiro atoms. The highest BCUT2D eigenvalue weighted by molar-refractivity contribution is 6.33. The van der Waals surface area contributed by atoms with Crippen molar-refractivity contribution in [2.24, 2.45) is 0 Å². The molecular weight excluding hydrogens is 510 g/mol. The molecule has 198 valence electrons. The highest BCUT2D eigenvalue weighted by atomic mass is 35.5. The van der Waals surface area contributed by atoms with Crippen LogP contribution in [0.3, 0.4) is 0 Å². The van der Waals surface area contributed by atoms with Crippen molar-refractivity contribution in [2.45, 2.75) is 45.6 Å². The van der Waals surface area contributed by atoms with Crippen LogP contribution >= 0.6 is 11.6 Å². The van der Waals surface area contributed by atoms with Crippen LogP contribution in [0.4, 0.5) is 5.69 Å². The molecule has 0 saturated heterocycles. The third-order valence-corrected chi connectivity index (χ3v) is 6.55. The molecule has 4 rings (SSSR count). The Morgan fingerprint density at radius 1 is 1.03 bits per heavy atom. The number of carbonyl (C=O) groups excluding carboxylic acids is 2. The zero-order valence-corrected chi connectivity index (χ0v) is 23.2. The Labute approximate surface area is 233 Å². The fourth-order valence-corrected chi connectivity index (χ4v) is 4.62. The molecular formula is C32H30ClN3O3. The lowest BCUT2D eigenvalue weighted by atomic mass is 10.0. The summed E-state index contributed by atoms with van der Waals surface area (Å²) in [5.74, 6) is -0.469. The van der Waals surface area contributed by atoms with E-state index in [0.29, 0.717) is 46.7 Å². The van der Waals surface area contributed by atoms with Crippen LogP contribution < -0.4 is 4.90 Å². The van der Waals surface area contributed by atoms with Crippen molar-refractivity contribution in [2.75, 3.05) is 11.9 Å². The van der Waals surface area contributed by atoms with Gasteiger partial charge in [0.15, 0.2) is 0 Å². The minimum atomic E-state index is -0.518. The number of anilines is 1. The van der Waals surface area contributed by atoms with Crippen LogP contribution in [0.5, 0.6) is 0 Å². The predicted molar refractivity (Wildman–Crippen MR) is 155 cm³/mol. The quantitative estimate of drug-likeness (QED) is 0.229. The number of aromatic nitrogens is 1. The first-order valence-corrected chi connectivity index (χ1v) is 13.1. The SMILES string of the molecule is CN(C(=O)c1ccc(Cl)c(-c2nc3ccccc3cc2C#N)c1)c1ccccc1CCCC(=O)OC(C)(C)C. The number of carbonyl (C=O) groups is 2. The molecule has 4 aromatic rings. The number of nitrogens with zero attached hydrogens (tertiary/aromatic N) is 3. The number of para-hydroxylation sites is 2. The van der Waals surface area contributed by atoms with Crippen molar-refractivity contribution >= 4 is 40.1 Å². The molecule has 6 nitrogen and oxygen atoms in total. The summed E-state index contributed by atoms with van der Waals surface area (Å²) in [7, 11) is 1.72. The maximum absolute atomic E-state index is 13.6. The molecule has 0 radical (unpaired) electrons. The Kier molecular flexibility index (Phi) is 8.32. The number of rotatable bonds is 7. The molecule has 0 unspecified atom stereocenters. The van der Waals surface area contributed by atoms with E-state index in [1.54, 1.807) is 36.2 Å². The molecule has 0 aliphatic rings. The molecule has 1 aromatic heterocycles. The van der Waals surface area contributed by atoms with Gasteiger partial charge in [0.25, 0.3) is 5.91 Å². The second kappa shape index (κ2) is 11.7. The van der Waals surface area contributed by atoms with Crippen LogP contribution in [0.1, 0.15) is 55.1 Å². The van der Waals surface area contributed by atoms with Gasteiger partial charge in [-0.2, -0.15) is 5.26 Å². The van der Waals surface area contributed by atoms with Gasteiger partial charge >= 0.3 is 5.97 Å². The summed E-state index contributed by atoms with van der Waals surface area (Å²) in [6.07, 6.45) is 1.51. The number of aryl methyl sites for hydroxylation is 1. The van der Waals surface area contributed by atoms with Crippen LogP contribution in [0.15, 0.2) is 72.8 Å². The van der Waals surface area contributed by atoms with E-state index in [1.165, 1.54) is 0 Å². The van der Waals surface area contributed by atoms with Crippen molar-refractivity contribution in [3.8, 4) is 17.3 Å². The van der Waals surface area contributed by atoms with E-state index in [2.05, 4.69) is 6.07 Å². The van der Waals surface area contributed by atoms with E-state index in [1.807, 2.05) is 69.3 Å². The van der Waals surface area contributed by atoms with Gasteiger partial charge in [0.2, 0.25) is 0 Å². The molecule has 39 heavy (non-hydrogen) atoms. The zero-order chi connectivity index (χ0) is 28.2. The average molecular weight is 540 g/mol. The van der Waals surface area contributed by atoms with Gasteiger partial charge in [0.1, 0.15) is 11.7 Å².